The third-order valence-electron chi connectivity index (χ3n) is 6.09. The van der Waals surface area contributed by atoms with Gasteiger partial charge in [0.05, 0.1) is 17.4 Å². The van der Waals surface area contributed by atoms with Crippen molar-refractivity contribution in [1.29, 1.82) is 0 Å². The predicted octanol–water partition coefficient (Wildman–Crippen LogP) is 5.12. The first-order chi connectivity index (χ1) is 15.0. The van der Waals surface area contributed by atoms with Crippen molar-refractivity contribution in [3.8, 4) is 0 Å². The highest BCUT2D eigenvalue weighted by Crippen LogP contribution is 2.47. The highest BCUT2D eigenvalue weighted by Gasteiger charge is 2.60. The lowest BCUT2D eigenvalue weighted by Gasteiger charge is -2.29. The molecule has 31 heavy (non-hydrogen) atoms. The van der Waals surface area contributed by atoms with Crippen molar-refractivity contribution in [3.05, 3.63) is 94.0 Å². The lowest BCUT2D eigenvalue weighted by atomic mass is 9.90. The summed E-state index contributed by atoms with van der Waals surface area (Å²) in [6.07, 6.45) is -0.858. The van der Waals surface area contributed by atoms with Crippen molar-refractivity contribution in [2.24, 2.45) is 5.92 Å². The van der Waals surface area contributed by atoms with E-state index < -0.39 is 18.1 Å². The van der Waals surface area contributed by atoms with Crippen molar-refractivity contribution in [3.63, 3.8) is 0 Å². The van der Waals surface area contributed by atoms with Crippen molar-refractivity contribution in [2.45, 2.75) is 26.0 Å². The summed E-state index contributed by atoms with van der Waals surface area (Å²) in [5, 5.41) is 1.71. The molecule has 5 rings (SSSR count). The average Bonchev–Trinajstić information content (AvgIpc) is 3.28. The Labute approximate surface area is 189 Å². The highest BCUT2D eigenvalue weighted by molar-refractivity contribution is 9.10. The van der Waals surface area contributed by atoms with Gasteiger partial charge in [-0.15, -0.1) is 0 Å². The number of hydroxylamine groups is 1. The van der Waals surface area contributed by atoms with E-state index in [4.69, 9.17) is 4.84 Å². The lowest BCUT2D eigenvalue weighted by molar-refractivity contribution is -0.126. The van der Waals surface area contributed by atoms with Crippen LogP contribution in [0.4, 0.5) is 11.4 Å². The number of aryl methyl sites for hydroxylation is 2. The topological polar surface area (TPSA) is 49.9 Å². The Balaban J connectivity index is 1.58. The highest BCUT2D eigenvalue weighted by atomic mass is 79.9. The summed E-state index contributed by atoms with van der Waals surface area (Å²) in [6.45, 7) is 3.98. The number of halogens is 1. The van der Waals surface area contributed by atoms with Gasteiger partial charge in [0.15, 0.2) is 6.10 Å². The van der Waals surface area contributed by atoms with E-state index in [9.17, 15) is 9.59 Å². The van der Waals surface area contributed by atoms with Gasteiger partial charge in [-0.05, 0) is 66.9 Å². The van der Waals surface area contributed by atoms with E-state index >= 15 is 0 Å². The maximum atomic E-state index is 13.6. The summed E-state index contributed by atoms with van der Waals surface area (Å²) in [6, 6.07) is 22.6. The van der Waals surface area contributed by atoms with Crippen LogP contribution in [0, 0.1) is 19.8 Å². The number of para-hydroxylation sites is 1. The third kappa shape index (κ3) is 3.27. The van der Waals surface area contributed by atoms with Crippen LogP contribution in [-0.2, 0) is 14.4 Å². The number of hydrogen-bond acceptors (Lipinski definition) is 4. The molecule has 0 spiro atoms. The van der Waals surface area contributed by atoms with Crippen LogP contribution in [0.2, 0.25) is 0 Å². The molecule has 2 saturated heterocycles. The zero-order valence-corrected chi connectivity index (χ0v) is 18.7. The van der Waals surface area contributed by atoms with Crippen LogP contribution in [0.1, 0.15) is 22.7 Å². The summed E-state index contributed by atoms with van der Waals surface area (Å²) >= 11 is 3.47. The lowest BCUT2D eigenvalue weighted by Crippen LogP contribution is -2.37. The average molecular weight is 477 g/mol. The first-order valence-corrected chi connectivity index (χ1v) is 11.0. The molecular weight excluding hydrogens is 456 g/mol. The SMILES string of the molecule is Cc1ccc(N2C(=O)[C@H]3[C@@H](c4ccc(Br)cc4)N(c4ccccc4)O[C@H]3C2=O)cc1C. The van der Waals surface area contributed by atoms with Crippen molar-refractivity contribution < 1.29 is 14.4 Å². The minimum absolute atomic E-state index is 0.232. The molecule has 3 aromatic rings. The standard InChI is InChI=1S/C25H21BrN2O3/c1-15-8-13-20(14-16(15)2)27-24(29)21-22(17-9-11-18(26)12-10-17)28(31-23(21)25(27)30)19-6-4-3-5-7-19/h3-14,21-23H,1-2H3/t21-,22+,23+/m0/s1. The van der Waals surface area contributed by atoms with Crippen molar-refractivity contribution in [2.75, 3.05) is 9.96 Å². The van der Waals surface area contributed by atoms with Crippen LogP contribution in [0.15, 0.2) is 77.3 Å². The third-order valence-corrected chi connectivity index (χ3v) is 6.61. The van der Waals surface area contributed by atoms with E-state index in [-0.39, 0.29) is 11.8 Å². The van der Waals surface area contributed by atoms with E-state index in [1.54, 1.807) is 5.06 Å². The number of amides is 2. The van der Waals surface area contributed by atoms with E-state index in [2.05, 4.69) is 15.9 Å². The molecule has 2 amide bonds. The Hall–Kier alpha value is -2.96. The van der Waals surface area contributed by atoms with Gasteiger partial charge in [0.1, 0.15) is 5.92 Å². The molecule has 6 heteroatoms. The van der Waals surface area contributed by atoms with Gasteiger partial charge in [-0.2, -0.15) is 0 Å². The Morgan fingerprint density at radius 3 is 2.19 bits per heavy atom. The van der Waals surface area contributed by atoms with Gasteiger partial charge in [0, 0.05) is 4.47 Å². The largest absolute Gasteiger partial charge is 0.273 e. The molecule has 2 heterocycles. The van der Waals surface area contributed by atoms with Gasteiger partial charge in [0.25, 0.3) is 5.91 Å². The van der Waals surface area contributed by atoms with E-state index in [1.807, 2.05) is 86.6 Å². The smallest absolute Gasteiger partial charge is 0.266 e. The maximum Gasteiger partial charge on any atom is 0.266 e. The second-order valence-electron chi connectivity index (χ2n) is 7.99. The van der Waals surface area contributed by atoms with Crippen LogP contribution in [0.3, 0.4) is 0 Å². The fourth-order valence-corrected chi connectivity index (χ4v) is 4.60. The summed E-state index contributed by atoms with van der Waals surface area (Å²) in [5.41, 5.74) is 4.47. The maximum absolute atomic E-state index is 13.6. The quantitative estimate of drug-likeness (QED) is 0.492. The van der Waals surface area contributed by atoms with Gasteiger partial charge < -0.3 is 0 Å². The van der Waals surface area contributed by atoms with Crippen LogP contribution in [0.25, 0.3) is 0 Å². The zero-order valence-electron chi connectivity index (χ0n) is 17.2. The van der Waals surface area contributed by atoms with E-state index in [1.165, 1.54) is 4.90 Å². The van der Waals surface area contributed by atoms with Crippen LogP contribution in [-0.4, -0.2) is 17.9 Å². The molecule has 2 fully saturated rings. The molecule has 3 atom stereocenters. The minimum atomic E-state index is -0.858. The van der Waals surface area contributed by atoms with Crippen LogP contribution < -0.4 is 9.96 Å². The van der Waals surface area contributed by atoms with Gasteiger partial charge in [-0.25, -0.2) is 9.96 Å². The van der Waals surface area contributed by atoms with Crippen LogP contribution >= 0.6 is 15.9 Å². The molecule has 2 aliphatic rings. The summed E-state index contributed by atoms with van der Waals surface area (Å²) in [4.78, 5) is 34.4. The normalized spacial score (nSPS) is 22.9. The molecule has 156 valence electrons. The Bertz CT molecular complexity index is 1160. The Morgan fingerprint density at radius 1 is 0.806 bits per heavy atom. The van der Waals surface area contributed by atoms with Crippen molar-refractivity contribution in [1.82, 2.24) is 0 Å². The molecule has 0 aliphatic carbocycles. The molecule has 2 aliphatic heterocycles. The number of nitrogens with zero attached hydrogens (tertiary/aromatic N) is 2. The van der Waals surface area contributed by atoms with Gasteiger partial charge in [0.2, 0.25) is 5.91 Å². The van der Waals surface area contributed by atoms with Crippen molar-refractivity contribution >= 4 is 39.1 Å². The summed E-state index contributed by atoms with van der Waals surface area (Å²) < 4.78 is 0.948. The fourth-order valence-electron chi connectivity index (χ4n) is 4.33. The second-order valence-corrected chi connectivity index (χ2v) is 8.91. The second kappa shape index (κ2) is 7.62. The first-order valence-electron chi connectivity index (χ1n) is 10.2. The summed E-state index contributed by atoms with van der Waals surface area (Å²) in [7, 11) is 0. The van der Waals surface area contributed by atoms with Crippen LogP contribution in [0.5, 0.6) is 0 Å². The molecule has 5 nitrogen and oxygen atoms in total. The number of anilines is 2. The Morgan fingerprint density at radius 2 is 1.52 bits per heavy atom. The summed E-state index contributed by atoms with van der Waals surface area (Å²) in [5.74, 6) is -1.18. The number of fused-ring (bicyclic) bond motifs is 1. The molecule has 0 radical (unpaired) electrons. The van der Waals surface area contributed by atoms with E-state index in [0.717, 1.165) is 26.9 Å². The van der Waals surface area contributed by atoms with Gasteiger partial charge in [-0.1, -0.05) is 52.3 Å². The van der Waals surface area contributed by atoms with E-state index in [0.29, 0.717) is 5.69 Å². The number of benzene rings is 3. The fraction of sp³-hybridized carbons (Fsp3) is 0.200. The number of carbonyl (C=O) groups is 2. The predicted molar refractivity (Wildman–Crippen MR) is 123 cm³/mol. The molecule has 0 aromatic heterocycles. The molecular formula is C25H21BrN2O3. The Kier molecular flexibility index (Phi) is 4.91. The molecule has 0 N–H and O–H groups in total. The molecule has 0 unspecified atom stereocenters. The number of carbonyl (C=O) groups excluding carboxylic acids is 2. The number of rotatable bonds is 3. The number of imide groups is 1. The minimum Gasteiger partial charge on any atom is -0.273 e. The zero-order chi connectivity index (χ0) is 21.7. The molecule has 3 aromatic carbocycles. The van der Waals surface area contributed by atoms with Gasteiger partial charge >= 0.3 is 0 Å². The molecule has 0 saturated carbocycles. The number of hydrogen-bond donors (Lipinski definition) is 0. The first kappa shape index (κ1) is 20.0. The van der Waals surface area contributed by atoms with Gasteiger partial charge in [-0.3, -0.25) is 14.4 Å². The molecule has 0 bridgehead atoms. The monoisotopic (exact) mass is 476 g/mol.